The van der Waals surface area contributed by atoms with E-state index in [9.17, 15) is 4.79 Å². The maximum atomic E-state index is 10.8. The maximum Gasteiger partial charge on any atom is 0.330 e. The first kappa shape index (κ1) is 8.52. The van der Waals surface area contributed by atoms with Crippen molar-refractivity contribution in [1.29, 1.82) is 0 Å². The number of aromatic nitrogens is 2. The summed E-state index contributed by atoms with van der Waals surface area (Å²) in [5.41, 5.74) is 0.711. The Kier molecular flexibility index (Phi) is 3.07. The van der Waals surface area contributed by atoms with E-state index < -0.39 is 0 Å². The smallest absolute Gasteiger partial charge is 0.330 e. The predicted octanol–water partition coefficient (Wildman–Crippen LogP) is 0.986. The molecule has 0 amide bonds. The number of nitrogens with one attached hydrogen (secondary N) is 1. The lowest BCUT2D eigenvalue weighted by atomic mass is 10.4. The van der Waals surface area contributed by atoms with Crippen molar-refractivity contribution in [3.63, 3.8) is 0 Å². The summed E-state index contributed by atoms with van der Waals surface area (Å²) in [6, 6.07) is 0. The van der Waals surface area contributed by atoms with Gasteiger partial charge in [0.2, 0.25) is 0 Å². The second-order valence-corrected chi connectivity index (χ2v) is 2.08. The fourth-order valence-corrected chi connectivity index (χ4v) is 0.707. The van der Waals surface area contributed by atoms with E-state index in [1.807, 2.05) is 0 Å². The minimum Gasteiger partial charge on any atom is -0.463 e. The highest BCUT2D eigenvalue weighted by molar-refractivity contribution is 5.86. The molecule has 0 aliphatic carbocycles. The third kappa shape index (κ3) is 2.57. The monoisotopic (exact) mass is 166 g/mol. The van der Waals surface area contributed by atoms with E-state index in [2.05, 4.69) is 14.7 Å². The first-order chi connectivity index (χ1) is 5.83. The van der Waals surface area contributed by atoms with Crippen molar-refractivity contribution in [3.05, 3.63) is 24.3 Å². The van der Waals surface area contributed by atoms with Crippen molar-refractivity contribution in [2.45, 2.75) is 6.92 Å². The van der Waals surface area contributed by atoms with Crippen LogP contribution >= 0.6 is 0 Å². The minimum atomic E-state index is -0.347. The Morgan fingerprint density at radius 1 is 1.83 bits per heavy atom. The van der Waals surface area contributed by atoms with Gasteiger partial charge in [0.1, 0.15) is 0 Å². The molecule has 0 aromatic carbocycles. The number of esters is 1. The third-order valence-corrected chi connectivity index (χ3v) is 1.20. The van der Waals surface area contributed by atoms with Gasteiger partial charge in [-0.2, -0.15) is 0 Å². The Labute approximate surface area is 70.3 Å². The highest BCUT2D eigenvalue weighted by Gasteiger charge is 1.93. The van der Waals surface area contributed by atoms with E-state index in [1.54, 1.807) is 25.5 Å². The second kappa shape index (κ2) is 4.33. The van der Waals surface area contributed by atoms with Crippen LogP contribution in [-0.2, 0) is 9.53 Å². The van der Waals surface area contributed by atoms with Gasteiger partial charge in [0.05, 0.1) is 18.6 Å². The number of carbonyl (C=O) groups excluding carboxylic acids is 1. The van der Waals surface area contributed by atoms with Crippen LogP contribution in [-0.4, -0.2) is 22.5 Å². The van der Waals surface area contributed by atoms with Crippen molar-refractivity contribution in [1.82, 2.24) is 9.97 Å². The Hall–Kier alpha value is -1.58. The molecular formula is C8H10N2O2. The molecule has 1 aromatic heterocycles. The van der Waals surface area contributed by atoms with Crippen molar-refractivity contribution in [2.24, 2.45) is 0 Å². The fourth-order valence-electron chi connectivity index (χ4n) is 0.707. The van der Waals surface area contributed by atoms with Crippen molar-refractivity contribution in [3.8, 4) is 0 Å². The number of aromatic amines is 1. The third-order valence-electron chi connectivity index (χ3n) is 1.20. The number of carbonyl (C=O) groups is 1. The Bertz CT molecular complexity index is 265. The maximum absolute atomic E-state index is 10.8. The van der Waals surface area contributed by atoms with Crippen LogP contribution in [0.2, 0.25) is 0 Å². The molecule has 0 aliphatic rings. The molecule has 0 aliphatic heterocycles. The first-order valence-corrected chi connectivity index (χ1v) is 3.66. The number of rotatable bonds is 3. The van der Waals surface area contributed by atoms with Crippen LogP contribution in [0, 0.1) is 0 Å². The lowest BCUT2D eigenvalue weighted by molar-refractivity contribution is -0.137. The summed E-state index contributed by atoms with van der Waals surface area (Å²) < 4.78 is 4.68. The normalized spacial score (nSPS) is 10.4. The lowest BCUT2D eigenvalue weighted by Crippen LogP contribution is -1.98. The molecule has 4 heteroatoms. The number of H-pyrrole nitrogens is 1. The molecule has 1 heterocycles. The number of hydrogen-bond donors (Lipinski definition) is 1. The molecule has 1 N–H and O–H groups in total. The number of hydrogen-bond acceptors (Lipinski definition) is 3. The van der Waals surface area contributed by atoms with Gasteiger partial charge in [-0.25, -0.2) is 9.78 Å². The van der Waals surface area contributed by atoms with E-state index in [0.717, 1.165) is 0 Å². The highest BCUT2D eigenvalue weighted by atomic mass is 16.5. The molecule has 0 atom stereocenters. The van der Waals surface area contributed by atoms with Crippen molar-refractivity contribution >= 4 is 12.0 Å². The standard InChI is InChI=1S/C8H10N2O2/c1-2-12-8(11)4-3-7-5-9-6-10-7/h3-6H,2H2,1H3,(H,9,10)/b4-3+. The van der Waals surface area contributed by atoms with Gasteiger partial charge in [-0.05, 0) is 13.0 Å². The van der Waals surface area contributed by atoms with Gasteiger partial charge >= 0.3 is 5.97 Å². The van der Waals surface area contributed by atoms with Crippen LogP contribution in [0.3, 0.4) is 0 Å². The lowest BCUT2D eigenvalue weighted by Gasteiger charge is -1.92. The van der Waals surface area contributed by atoms with E-state index >= 15 is 0 Å². The van der Waals surface area contributed by atoms with Gasteiger partial charge in [0.25, 0.3) is 0 Å². The van der Waals surface area contributed by atoms with Crippen LogP contribution in [0.25, 0.3) is 6.08 Å². The Balaban J connectivity index is 2.45. The fraction of sp³-hybridized carbons (Fsp3) is 0.250. The van der Waals surface area contributed by atoms with Gasteiger partial charge < -0.3 is 9.72 Å². The molecule has 0 saturated heterocycles. The predicted molar refractivity (Wildman–Crippen MR) is 44.3 cm³/mol. The van der Waals surface area contributed by atoms with Crippen molar-refractivity contribution in [2.75, 3.05) is 6.61 Å². The van der Waals surface area contributed by atoms with E-state index in [4.69, 9.17) is 0 Å². The summed E-state index contributed by atoms with van der Waals surface area (Å²) in [5.74, 6) is -0.347. The molecule has 12 heavy (non-hydrogen) atoms. The first-order valence-electron chi connectivity index (χ1n) is 3.66. The van der Waals surface area contributed by atoms with Crippen LogP contribution < -0.4 is 0 Å². The van der Waals surface area contributed by atoms with Gasteiger partial charge in [0, 0.05) is 12.3 Å². The summed E-state index contributed by atoms with van der Waals surface area (Å²) in [6.07, 6.45) is 6.18. The number of imidazole rings is 1. The Morgan fingerprint density at radius 2 is 2.67 bits per heavy atom. The largest absolute Gasteiger partial charge is 0.463 e. The van der Waals surface area contributed by atoms with Gasteiger partial charge in [-0.3, -0.25) is 0 Å². The number of nitrogens with zero attached hydrogens (tertiary/aromatic N) is 1. The SMILES string of the molecule is CCOC(=O)/C=C/c1c[nH]cn1. The summed E-state index contributed by atoms with van der Waals surface area (Å²) >= 11 is 0. The van der Waals surface area contributed by atoms with Crippen molar-refractivity contribution < 1.29 is 9.53 Å². The Morgan fingerprint density at radius 3 is 3.25 bits per heavy atom. The molecular weight excluding hydrogens is 156 g/mol. The van der Waals surface area contributed by atoms with E-state index in [-0.39, 0.29) is 5.97 Å². The summed E-state index contributed by atoms with van der Waals surface area (Å²) in [6.45, 7) is 2.16. The average molecular weight is 166 g/mol. The molecule has 4 nitrogen and oxygen atoms in total. The number of ether oxygens (including phenoxy) is 1. The zero-order valence-electron chi connectivity index (χ0n) is 6.78. The van der Waals surface area contributed by atoms with E-state index in [0.29, 0.717) is 12.3 Å². The zero-order valence-corrected chi connectivity index (χ0v) is 6.78. The molecule has 0 saturated carbocycles. The highest BCUT2D eigenvalue weighted by Crippen LogP contribution is 1.94. The molecule has 1 aromatic rings. The molecule has 0 radical (unpaired) electrons. The minimum absolute atomic E-state index is 0.347. The molecule has 0 bridgehead atoms. The quantitative estimate of drug-likeness (QED) is 0.538. The molecule has 64 valence electrons. The van der Waals surface area contributed by atoms with Gasteiger partial charge in [-0.15, -0.1) is 0 Å². The van der Waals surface area contributed by atoms with Crippen LogP contribution in [0.4, 0.5) is 0 Å². The van der Waals surface area contributed by atoms with Crippen LogP contribution in [0.5, 0.6) is 0 Å². The van der Waals surface area contributed by atoms with Gasteiger partial charge in [-0.1, -0.05) is 0 Å². The summed E-state index contributed by atoms with van der Waals surface area (Å²) in [4.78, 5) is 17.5. The van der Waals surface area contributed by atoms with E-state index in [1.165, 1.54) is 6.08 Å². The molecule has 0 fully saturated rings. The van der Waals surface area contributed by atoms with Crippen LogP contribution in [0.1, 0.15) is 12.6 Å². The summed E-state index contributed by atoms with van der Waals surface area (Å²) in [7, 11) is 0. The van der Waals surface area contributed by atoms with Gasteiger partial charge in [0.15, 0.2) is 0 Å². The topological polar surface area (TPSA) is 55.0 Å². The molecule has 1 rings (SSSR count). The molecule has 0 spiro atoms. The summed E-state index contributed by atoms with van der Waals surface area (Å²) in [5, 5.41) is 0. The zero-order chi connectivity index (χ0) is 8.81. The molecule has 0 unspecified atom stereocenters. The van der Waals surface area contributed by atoms with Crippen LogP contribution in [0.15, 0.2) is 18.6 Å². The average Bonchev–Trinajstić information content (AvgIpc) is 2.53. The second-order valence-electron chi connectivity index (χ2n) is 2.08.